The van der Waals surface area contributed by atoms with Gasteiger partial charge in [0.05, 0.1) is 16.1 Å². The van der Waals surface area contributed by atoms with Crippen molar-refractivity contribution >= 4 is 27.7 Å². The van der Waals surface area contributed by atoms with Crippen LogP contribution in [0.1, 0.15) is 5.56 Å². The first-order valence-electron chi connectivity index (χ1n) is 2.95. The predicted octanol–water partition coefficient (Wildman–Crippen LogP) is 2.50. The molecular weight excluding hydrogens is 210 g/mol. The number of nitrogens with zero attached hydrogens (tertiary/aromatic N) is 1. The van der Waals surface area contributed by atoms with Gasteiger partial charge in [0, 0.05) is 5.75 Å². The molecule has 0 saturated carbocycles. The van der Waals surface area contributed by atoms with E-state index < -0.39 is 0 Å². The van der Waals surface area contributed by atoms with E-state index in [2.05, 4.69) is 31.7 Å². The lowest BCUT2D eigenvalue weighted by Crippen LogP contribution is -1.78. The lowest BCUT2D eigenvalue weighted by Gasteiger charge is -1.91. The maximum Gasteiger partial charge on any atom is 0.0816 e. The average molecular weight is 218 g/mol. The van der Waals surface area contributed by atoms with Crippen LogP contribution >= 0.6 is 16.1 Å². The van der Waals surface area contributed by atoms with Gasteiger partial charge in [-0.15, -0.1) is 0 Å². The molecule has 0 heterocycles. The van der Waals surface area contributed by atoms with Gasteiger partial charge in [0.25, 0.3) is 0 Å². The van der Waals surface area contributed by atoms with E-state index >= 15 is 0 Å². The molecule has 0 aliphatic rings. The van der Waals surface area contributed by atoms with Crippen LogP contribution in [0.15, 0.2) is 33.7 Å². The molecule has 0 N–H and O–H groups in total. The summed E-state index contributed by atoms with van der Waals surface area (Å²) in [5.74, 6) is 0.992. The van der Waals surface area contributed by atoms with Gasteiger partial charge in [-0.3, -0.25) is 0 Å². The second-order valence-corrected chi connectivity index (χ2v) is 3.56. The van der Waals surface area contributed by atoms with Gasteiger partial charge in [-0.1, -0.05) is 41.9 Å². The molecule has 0 radical (unpaired) electrons. The number of rotatable bonds is 2. The Hall–Kier alpha value is -0.150. The van der Waals surface area contributed by atoms with Crippen molar-refractivity contribution in [3.8, 4) is 0 Å². The van der Waals surface area contributed by atoms with Crippen molar-refractivity contribution < 1.29 is 0 Å². The summed E-state index contributed by atoms with van der Waals surface area (Å²) in [6.07, 6.45) is 0. The van der Waals surface area contributed by atoms with Crippen molar-refractivity contribution in [2.75, 3.05) is 0 Å². The molecule has 0 bridgehead atoms. The largest absolute Gasteiger partial charge is 0.189 e. The summed E-state index contributed by atoms with van der Waals surface area (Å²) in [7, 11) is 0. The van der Waals surface area contributed by atoms with E-state index in [1.165, 1.54) is 5.56 Å². The summed E-state index contributed by atoms with van der Waals surface area (Å²) < 4.78 is 3.82. The lowest BCUT2D eigenvalue weighted by atomic mass is 10.2. The molecule has 0 aromatic heterocycles. The zero-order valence-corrected chi connectivity index (χ0v) is 7.85. The van der Waals surface area contributed by atoms with Crippen LogP contribution in [0.3, 0.4) is 0 Å². The Kier molecular flexibility index (Phi) is 3.68. The van der Waals surface area contributed by atoms with Gasteiger partial charge in [0.2, 0.25) is 0 Å². The fourth-order valence-electron chi connectivity index (χ4n) is 0.692. The van der Waals surface area contributed by atoms with Crippen LogP contribution in [0.2, 0.25) is 0 Å². The summed E-state index contributed by atoms with van der Waals surface area (Å²) in [4.78, 5) is 0. The molecule has 1 rings (SSSR count). The van der Waals surface area contributed by atoms with Crippen LogP contribution in [0.4, 0.5) is 0 Å². The molecule has 0 amide bonds. The van der Waals surface area contributed by atoms with Crippen LogP contribution in [-0.2, 0) is 17.3 Å². The fraction of sp³-hybridized carbons (Fsp3) is 0.143. The summed E-state index contributed by atoms with van der Waals surface area (Å²) in [6, 6.07) is 10.3. The SMILES string of the molecule is BrN=[SH]Cc1ccccc1. The van der Waals surface area contributed by atoms with Crippen molar-refractivity contribution in [1.82, 2.24) is 0 Å². The highest BCUT2D eigenvalue weighted by atomic mass is 79.9. The summed E-state index contributed by atoms with van der Waals surface area (Å²) in [5, 5.41) is 0. The third-order valence-corrected chi connectivity index (χ3v) is 2.44. The first-order chi connectivity index (χ1) is 4.93. The van der Waals surface area contributed by atoms with Crippen LogP contribution in [0.5, 0.6) is 0 Å². The zero-order chi connectivity index (χ0) is 7.23. The van der Waals surface area contributed by atoms with Gasteiger partial charge in [0.15, 0.2) is 0 Å². The minimum Gasteiger partial charge on any atom is -0.189 e. The number of thiol groups is 1. The zero-order valence-electron chi connectivity index (χ0n) is 5.37. The van der Waals surface area contributed by atoms with Crippen molar-refractivity contribution in [3.05, 3.63) is 35.9 Å². The van der Waals surface area contributed by atoms with Gasteiger partial charge in [-0.05, 0) is 5.56 Å². The molecular formula is C7H8BrNS. The van der Waals surface area contributed by atoms with E-state index in [1.807, 2.05) is 18.2 Å². The van der Waals surface area contributed by atoms with Crippen LogP contribution in [-0.4, -0.2) is 0 Å². The van der Waals surface area contributed by atoms with Gasteiger partial charge in [0.1, 0.15) is 0 Å². The van der Waals surface area contributed by atoms with E-state index in [1.54, 1.807) is 0 Å². The quantitative estimate of drug-likeness (QED) is 0.732. The number of benzene rings is 1. The van der Waals surface area contributed by atoms with E-state index in [0.29, 0.717) is 0 Å². The van der Waals surface area contributed by atoms with Crippen molar-refractivity contribution in [3.63, 3.8) is 0 Å². The first kappa shape index (κ1) is 7.95. The highest BCUT2D eigenvalue weighted by Crippen LogP contribution is 1.99. The van der Waals surface area contributed by atoms with Gasteiger partial charge < -0.3 is 0 Å². The topological polar surface area (TPSA) is 12.4 Å². The summed E-state index contributed by atoms with van der Waals surface area (Å²) in [5.41, 5.74) is 1.33. The maximum atomic E-state index is 3.82. The monoisotopic (exact) mass is 217 g/mol. The molecule has 10 heavy (non-hydrogen) atoms. The van der Waals surface area contributed by atoms with Crippen LogP contribution in [0, 0.1) is 0 Å². The summed E-state index contributed by atoms with van der Waals surface area (Å²) in [6.45, 7) is 0. The number of halogens is 1. The first-order valence-corrected chi connectivity index (χ1v) is 4.69. The molecule has 0 saturated heterocycles. The van der Waals surface area contributed by atoms with Crippen molar-refractivity contribution in [2.45, 2.75) is 5.75 Å². The molecule has 54 valence electrons. The van der Waals surface area contributed by atoms with Gasteiger partial charge in [-0.2, -0.15) is 3.39 Å². The van der Waals surface area contributed by atoms with E-state index in [-0.39, 0.29) is 0 Å². The molecule has 0 unspecified atom stereocenters. The Labute approximate surface area is 72.9 Å². The standard InChI is InChI=1S/C7H8BrNS/c8-9-10-6-7-4-2-1-3-5-7/h1-5,10H,6H2. The Bertz CT molecular complexity index is 210. The molecule has 1 aromatic rings. The molecule has 0 aliphatic carbocycles. The Morgan fingerprint density at radius 3 is 2.60 bits per heavy atom. The van der Waals surface area contributed by atoms with E-state index in [0.717, 1.165) is 17.3 Å². The fourth-order valence-corrected chi connectivity index (χ4v) is 1.46. The highest BCUT2D eigenvalue weighted by molar-refractivity contribution is 9.08. The van der Waals surface area contributed by atoms with Crippen LogP contribution in [0.25, 0.3) is 0 Å². The average Bonchev–Trinajstić information content (AvgIpc) is 2.03. The molecule has 0 spiro atoms. The minimum atomic E-state index is 0.992. The Morgan fingerprint density at radius 1 is 1.30 bits per heavy atom. The lowest BCUT2D eigenvalue weighted by molar-refractivity contribution is 1.42. The smallest absolute Gasteiger partial charge is 0.0816 e. The molecule has 0 atom stereocenters. The second-order valence-electron chi connectivity index (χ2n) is 1.86. The third-order valence-electron chi connectivity index (χ3n) is 1.15. The number of hydrogen-bond acceptors (Lipinski definition) is 1. The molecule has 1 nitrogen and oxygen atoms in total. The third kappa shape index (κ3) is 2.62. The normalized spacial score (nSPS) is 11.3. The van der Waals surface area contributed by atoms with Gasteiger partial charge >= 0.3 is 0 Å². The van der Waals surface area contributed by atoms with E-state index in [9.17, 15) is 0 Å². The molecule has 1 aromatic carbocycles. The second kappa shape index (κ2) is 4.63. The van der Waals surface area contributed by atoms with Crippen LogP contribution < -0.4 is 0 Å². The van der Waals surface area contributed by atoms with Crippen molar-refractivity contribution in [2.24, 2.45) is 3.39 Å². The molecule has 0 aliphatic heterocycles. The summed E-state index contributed by atoms with van der Waals surface area (Å²) >= 11 is 4.09. The Balaban J connectivity index is 2.59. The van der Waals surface area contributed by atoms with Crippen molar-refractivity contribution in [1.29, 1.82) is 0 Å². The maximum absolute atomic E-state index is 3.82. The van der Waals surface area contributed by atoms with E-state index in [4.69, 9.17) is 0 Å². The minimum absolute atomic E-state index is 0.992. The van der Waals surface area contributed by atoms with Gasteiger partial charge in [-0.25, -0.2) is 0 Å². The molecule has 0 fully saturated rings. The predicted molar refractivity (Wildman–Crippen MR) is 50.3 cm³/mol. The number of hydrogen-bond donors (Lipinski definition) is 1. The highest BCUT2D eigenvalue weighted by Gasteiger charge is 1.83. The Morgan fingerprint density at radius 2 is 2.00 bits per heavy atom. The molecule has 3 heteroatoms.